The van der Waals surface area contributed by atoms with E-state index in [2.05, 4.69) is 65.1 Å². The molecule has 2 heteroatoms. The van der Waals surface area contributed by atoms with E-state index in [4.69, 9.17) is 5.11 Å². The largest absolute Gasteiger partial charge is 0.396 e. The molecule has 0 unspecified atom stereocenters. The fourth-order valence-corrected chi connectivity index (χ4v) is 2.50. The minimum Gasteiger partial charge on any atom is -0.396 e. The summed E-state index contributed by atoms with van der Waals surface area (Å²) in [5.74, 6) is 0. The molecule has 1 aromatic carbocycles. The van der Waals surface area contributed by atoms with Crippen molar-refractivity contribution in [2.75, 3.05) is 13.2 Å². The van der Waals surface area contributed by atoms with Gasteiger partial charge < -0.3 is 10.4 Å². The second kappa shape index (κ2) is 6.06. The zero-order chi connectivity index (χ0) is 14.7. The molecule has 108 valence electrons. The molecule has 0 aliphatic carbocycles. The summed E-state index contributed by atoms with van der Waals surface area (Å²) in [6, 6.07) is 6.67. The van der Waals surface area contributed by atoms with Crippen LogP contribution in [0.4, 0.5) is 0 Å². The smallest absolute Gasteiger partial charge is 0.0448 e. The van der Waals surface area contributed by atoms with Gasteiger partial charge in [-0.15, -0.1) is 0 Å². The highest BCUT2D eigenvalue weighted by Crippen LogP contribution is 2.27. The third-order valence-corrected chi connectivity index (χ3v) is 3.86. The fraction of sp³-hybridized carbons (Fsp3) is 0.647. The Morgan fingerprint density at radius 3 is 2.26 bits per heavy atom. The van der Waals surface area contributed by atoms with Gasteiger partial charge in [0.05, 0.1) is 0 Å². The van der Waals surface area contributed by atoms with Gasteiger partial charge in [-0.3, -0.25) is 0 Å². The summed E-state index contributed by atoms with van der Waals surface area (Å²) in [5, 5.41) is 12.7. The maximum Gasteiger partial charge on any atom is 0.0448 e. The molecule has 1 aromatic rings. The lowest BCUT2D eigenvalue weighted by Crippen LogP contribution is -2.46. The molecule has 0 aliphatic rings. The topological polar surface area (TPSA) is 32.3 Å². The van der Waals surface area contributed by atoms with E-state index in [0.29, 0.717) is 0 Å². The van der Waals surface area contributed by atoms with Gasteiger partial charge in [-0.05, 0) is 45.2 Å². The molecule has 0 aliphatic heterocycles. The monoisotopic (exact) mass is 263 g/mol. The predicted octanol–water partition coefficient (Wildman–Crippen LogP) is 3.33. The Bertz CT molecular complexity index is 421. The summed E-state index contributed by atoms with van der Waals surface area (Å²) in [5.41, 5.74) is 4.12. The predicted molar refractivity (Wildman–Crippen MR) is 82.7 cm³/mol. The maximum absolute atomic E-state index is 9.08. The minimum absolute atomic E-state index is 0.0232. The molecule has 1 rings (SSSR count). The minimum atomic E-state index is -0.0232. The molecule has 2 N–H and O–H groups in total. The first-order valence-corrected chi connectivity index (χ1v) is 7.11. The molecule has 0 aromatic heterocycles. The van der Waals surface area contributed by atoms with Gasteiger partial charge in [0, 0.05) is 24.1 Å². The number of aliphatic hydroxyl groups is 1. The summed E-state index contributed by atoms with van der Waals surface area (Å²) < 4.78 is 0. The number of aryl methyl sites for hydroxylation is 2. The Kier molecular flexibility index (Phi) is 5.17. The first-order valence-electron chi connectivity index (χ1n) is 7.11. The summed E-state index contributed by atoms with van der Waals surface area (Å²) in [6.07, 6.45) is 0.774. The molecule has 0 amide bonds. The van der Waals surface area contributed by atoms with E-state index in [-0.39, 0.29) is 17.6 Å². The average Bonchev–Trinajstić information content (AvgIpc) is 2.26. The molecule has 0 saturated carbocycles. The van der Waals surface area contributed by atoms with Gasteiger partial charge in [0.1, 0.15) is 0 Å². The number of hydrogen-bond donors (Lipinski definition) is 2. The standard InChI is InChI=1S/C17H29NO/c1-13-7-8-15(14(2)11-13)16(3,4)12-18-17(5,6)9-10-19/h7-8,11,18-19H,9-10,12H2,1-6H3. The van der Waals surface area contributed by atoms with Gasteiger partial charge >= 0.3 is 0 Å². The second-order valence-corrected chi connectivity index (χ2v) is 6.91. The summed E-state index contributed by atoms with van der Waals surface area (Å²) in [7, 11) is 0. The Hall–Kier alpha value is -0.860. The SMILES string of the molecule is Cc1ccc(C(C)(C)CNC(C)(C)CCO)c(C)c1. The zero-order valence-electron chi connectivity index (χ0n) is 13.3. The van der Waals surface area contributed by atoms with Crippen LogP contribution in [-0.2, 0) is 5.41 Å². The third kappa shape index (κ3) is 4.63. The summed E-state index contributed by atoms with van der Waals surface area (Å²) in [6.45, 7) is 14.3. The molecule has 0 bridgehead atoms. The quantitative estimate of drug-likeness (QED) is 0.825. The van der Waals surface area contributed by atoms with E-state index in [1.54, 1.807) is 0 Å². The van der Waals surface area contributed by atoms with Crippen LogP contribution < -0.4 is 5.32 Å². The normalized spacial score (nSPS) is 12.8. The van der Waals surface area contributed by atoms with Crippen molar-refractivity contribution in [3.05, 3.63) is 34.9 Å². The van der Waals surface area contributed by atoms with Crippen molar-refractivity contribution in [3.63, 3.8) is 0 Å². The van der Waals surface area contributed by atoms with Crippen LogP contribution in [0.5, 0.6) is 0 Å². The van der Waals surface area contributed by atoms with Crippen molar-refractivity contribution >= 4 is 0 Å². The molecule has 0 radical (unpaired) electrons. The highest BCUT2D eigenvalue weighted by atomic mass is 16.3. The van der Waals surface area contributed by atoms with Crippen molar-refractivity contribution in [3.8, 4) is 0 Å². The van der Waals surface area contributed by atoms with E-state index >= 15 is 0 Å². The van der Waals surface area contributed by atoms with Crippen molar-refractivity contribution < 1.29 is 5.11 Å². The number of aliphatic hydroxyl groups excluding tert-OH is 1. The van der Waals surface area contributed by atoms with Gasteiger partial charge in [-0.25, -0.2) is 0 Å². The molecule has 19 heavy (non-hydrogen) atoms. The summed E-state index contributed by atoms with van der Waals surface area (Å²) in [4.78, 5) is 0. The van der Waals surface area contributed by atoms with Crippen LogP contribution in [0.2, 0.25) is 0 Å². The van der Waals surface area contributed by atoms with Crippen LogP contribution in [0.15, 0.2) is 18.2 Å². The van der Waals surface area contributed by atoms with E-state index in [1.807, 2.05) is 0 Å². The Balaban J connectivity index is 2.80. The fourth-order valence-electron chi connectivity index (χ4n) is 2.50. The van der Waals surface area contributed by atoms with Crippen LogP contribution in [-0.4, -0.2) is 23.8 Å². The molecular formula is C17H29NO. The molecule has 0 heterocycles. The highest BCUT2D eigenvalue weighted by Gasteiger charge is 2.26. The summed E-state index contributed by atoms with van der Waals surface area (Å²) >= 11 is 0. The molecule has 0 atom stereocenters. The first kappa shape index (κ1) is 16.2. The Labute approximate surface area is 118 Å². The second-order valence-electron chi connectivity index (χ2n) is 6.91. The molecule has 0 spiro atoms. The molecule has 0 fully saturated rings. The van der Waals surface area contributed by atoms with Gasteiger partial charge in [0.15, 0.2) is 0 Å². The van der Waals surface area contributed by atoms with Crippen LogP contribution in [0, 0.1) is 13.8 Å². The zero-order valence-corrected chi connectivity index (χ0v) is 13.3. The lowest BCUT2D eigenvalue weighted by atomic mass is 9.80. The van der Waals surface area contributed by atoms with Gasteiger partial charge in [0.2, 0.25) is 0 Å². The van der Waals surface area contributed by atoms with Crippen LogP contribution in [0.25, 0.3) is 0 Å². The van der Waals surface area contributed by atoms with E-state index < -0.39 is 0 Å². The first-order chi connectivity index (χ1) is 8.68. The van der Waals surface area contributed by atoms with E-state index in [0.717, 1.165) is 13.0 Å². The van der Waals surface area contributed by atoms with E-state index in [9.17, 15) is 0 Å². The average molecular weight is 263 g/mol. The molecule has 2 nitrogen and oxygen atoms in total. The Morgan fingerprint density at radius 2 is 1.74 bits per heavy atom. The number of rotatable bonds is 6. The maximum atomic E-state index is 9.08. The number of benzene rings is 1. The molecule has 0 saturated heterocycles. The third-order valence-electron chi connectivity index (χ3n) is 3.86. The van der Waals surface area contributed by atoms with Gasteiger partial charge in [0.25, 0.3) is 0 Å². The highest BCUT2D eigenvalue weighted by molar-refractivity contribution is 5.35. The van der Waals surface area contributed by atoms with Crippen molar-refractivity contribution in [1.82, 2.24) is 5.32 Å². The van der Waals surface area contributed by atoms with Gasteiger partial charge in [-0.2, -0.15) is 0 Å². The van der Waals surface area contributed by atoms with Crippen molar-refractivity contribution in [2.45, 2.75) is 58.9 Å². The van der Waals surface area contributed by atoms with E-state index in [1.165, 1.54) is 16.7 Å². The van der Waals surface area contributed by atoms with Crippen molar-refractivity contribution in [2.24, 2.45) is 0 Å². The number of nitrogens with one attached hydrogen (secondary N) is 1. The lowest BCUT2D eigenvalue weighted by molar-refractivity contribution is 0.223. The lowest BCUT2D eigenvalue weighted by Gasteiger charge is -2.34. The van der Waals surface area contributed by atoms with Crippen LogP contribution in [0.1, 0.15) is 50.8 Å². The van der Waals surface area contributed by atoms with Crippen molar-refractivity contribution in [1.29, 1.82) is 0 Å². The van der Waals surface area contributed by atoms with Crippen LogP contribution in [0.3, 0.4) is 0 Å². The van der Waals surface area contributed by atoms with Gasteiger partial charge in [-0.1, -0.05) is 37.6 Å². The molecular weight excluding hydrogens is 234 g/mol. The number of hydrogen-bond acceptors (Lipinski definition) is 2. The Morgan fingerprint density at radius 1 is 1.11 bits per heavy atom. The van der Waals surface area contributed by atoms with Crippen LogP contribution >= 0.6 is 0 Å².